The lowest BCUT2D eigenvalue weighted by molar-refractivity contribution is -0.152. The number of hydrogen-bond acceptors (Lipinski definition) is 7. The minimum atomic E-state index is -0.663. The second kappa shape index (κ2) is 13.2. The Bertz CT molecular complexity index is 1280. The number of phenols is 1. The average Bonchev–Trinajstić information content (AvgIpc) is 3.44. The molecule has 0 atom stereocenters. The molecule has 2 aliphatic rings. The fourth-order valence-corrected chi connectivity index (χ4v) is 5.77. The highest BCUT2D eigenvalue weighted by atomic mass is 16.5. The maximum absolute atomic E-state index is 11.7. The van der Waals surface area contributed by atoms with E-state index in [0.29, 0.717) is 42.6 Å². The number of benzene rings is 2. The Morgan fingerprint density at radius 2 is 1.66 bits per heavy atom. The molecule has 2 fully saturated rings. The van der Waals surface area contributed by atoms with E-state index >= 15 is 0 Å². The second-order valence-electron chi connectivity index (χ2n) is 12.8. The van der Waals surface area contributed by atoms with Crippen molar-refractivity contribution in [1.82, 2.24) is 15.0 Å². The molecule has 8 heteroatoms. The maximum Gasteiger partial charge on any atom is 0.309 e. The van der Waals surface area contributed by atoms with E-state index in [-0.39, 0.29) is 5.54 Å². The third-order valence-electron chi connectivity index (χ3n) is 8.31. The van der Waals surface area contributed by atoms with Crippen molar-refractivity contribution in [3.05, 3.63) is 53.6 Å². The van der Waals surface area contributed by atoms with Crippen LogP contribution in [-0.4, -0.2) is 49.9 Å². The van der Waals surface area contributed by atoms with Crippen molar-refractivity contribution < 1.29 is 19.5 Å². The van der Waals surface area contributed by atoms with Crippen LogP contribution in [0.4, 0.5) is 0 Å². The number of aromatic nitrogens is 2. The molecule has 2 aromatic carbocycles. The average molecular weight is 563 g/mol. The van der Waals surface area contributed by atoms with Gasteiger partial charge in [0.1, 0.15) is 5.75 Å². The normalized spacial score (nSPS) is 18.0. The molecule has 1 aromatic heterocycles. The van der Waals surface area contributed by atoms with Gasteiger partial charge in [0.15, 0.2) is 0 Å². The summed E-state index contributed by atoms with van der Waals surface area (Å²) in [5.41, 5.74) is 8.57. The van der Waals surface area contributed by atoms with E-state index in [1.165, 1.54) is 24.8 Å². The second-order valence-corrected chi connectivity index (χ2v) is 12.8. The number of phenolic OH excluding ortho intramolecular Hbond substituents is 1. The predicted molar refractivity (Wildman–Crippen MR) is 161 cm³/mol. The molecule has 0 bridgehead atoms. The molecule has 2 heterocycles. The molecular weight excluding hydrogens is 516 g/mol. The van der Waals surface area contributed by atoms with Crippen LogP contribution in [0, 0.1) is 5.41 Å². The first-order valence-corrected chi connectivity index (χ1v) is 15.0. The number of hydrogen-bond donors (Lipinski definition) is 3. The predicted octanol–water partition coefficient (Wildman–Crippen LogP) is 6.98. The van der Waals surface area contributed by atoms with Crippen molar-refractivity contribution in [3.8, 4) is 28.6 Å². The molecular formula is C33H46N4O4. The van der Waals surface area contributed by atoms with Gasteiger partial charge in [0.05, 0.1) is 5.41 Å². The van der Waals surface area contributed by atoms with E-state index in [2.05, 4.69) is 27.2 Å². The quantitative estimate of drug-likeness (QED) is 0.282. The first kappa shape index (κ1) is 30.7. The standard InChI is InChI=1S/C29H35N3O4.C4H11N/c1-2-29(28(34)35)14-16-32(17-15-29)19-20-8-10-22(11-9-20)26-30-27(36-31-26)23-12-13-24(25(33)18-23)21-6-4-3-5-7-21;1-4(2,3)5/h8-13,18,21,33H,2-7,14-17,19H2,1H3,(H,34,35);5H2,1-3H3. The van der Waals surface area contributed by atoms with Crippen LogP contribution in [-0.2, 0) is 11.3 Å². The highest BCUT2D eigenvalue weighted by Gasteiger charge is 2.39. The van der Waals surface area contributed by atoms with Crippen LogP contribution in [0.2, 0.25) is 0 Å². The van der Waals surface area contributed by atoms with E-state index in [0.717, 1.165) is 49.2 Å². The minimum Gasteiger partial charge on any atom is -0.508 e. The zero-order chi connectivity index (χ0) is 29.6. The van der Waals surface area contributed by atoms with Gasteiger partial charge in [0.25, 0.3) is 5.89 Å². The van der Waals surface area contributed by atoms with Gasteiger partial charge in [-0.2, -0.15) is 4.98 Å². The third kappa shape index (κ3) is 8.17. The molecule has 3 aromatic rings. The van der Waals surface area contributed by atoms with Crippen LogP contribution in [0.15, 0.2) is 47.0 Å². The molecule has 0 amide bonds. The van der Waals surface area contributed by atoms with Crippen LogP contribution < -0.4 is 5.73 Å². The summed E-state index contributed by atoms with van der Waals surface area (Å²) < 4.78 is 5.52. The Labute approximate surface area is 244 Å². The van der Waals surface area contributed by atoms with Gasteiger partial charge < -0.3 is 20.5 Å². The summed E-state index contributed by atoms with van der Waals surface area (Å²) in [5, 5.41) is 24.4. The summed E-state index contributed by atoms with van der Waals surface area (Å²) in [6.45, 7) is 10.3. The van der Waals surface area contributed by atoms with Gasteiger partial charge in [-0.3, -0.25) is 9.69 Å². The number of aromatic hydroxyl groups is 1. The van der Waals surface area contributed by atoms with Gasteiger partial charge in [-0.25, -0.2) is 0 Å². The maximum atomic E-state index is 11.7. The Morgan fingerprint density at radius 1 is 1.05 bits per heavy atom. The molecule has 0 spiro atoms. The number of nitrogens with zero attached hydrogens (tertiary/aromatic N) is 3. The van der Waals surface area contributed by atoms with Gasteiger partial charge in [0.2, 0.25) is 5.82 Å². The number of carboxylic acids is 1. The van der Waals surface area contributed by atoms with Crippen molar-refractivity contribution in [1.29, 1.82) is 0 Å². The van der Waals surface area contributed by atoms with E-state index in [1.807, 2.05) is 52.0 Å². The smallest absolute Gasteiger partial charge is 0.309 e. The molecule has 5 rings (SSSR count). The molecule has 4 N–H and O–H groups in total. The monoisotopic (exact) mass is 562 g/mol. The highest BCUT2D eigenvalue weighted by molar-refractivity contribution is 5.74. The Hall–Kier alpha value is -3.23. The lowest BCUT2D eigenvalue weighted by Crippen LogP contribution is -2.43. The fraction of sp³-hybridized carbons (Fsp3) is 0.545. The third-order valence-corrected chi connectivity index (χ3v) is 8.31. The number of likely N-dealkylation sites (tertiary alicyclic amines) is 1. The van der Waals surface area contributed by atoms with E-state index in [1.54, 1.807) is 6.07 Å². The van der Waals surface area contributed by atoms with Crippen molar-refractivity contribution in [2.45, 2.75) is 97.1 Å². The summed E-state index contributed by atoms with van der Waals surface area (Å²) >= 11 is 0. The molecule has 8 nitrogen and oxygen atoms in total. The Balaban J connectivity index is 0.000000714. The topological polar surface area (TPSA) is 126 Å². The van der Waals surface area contributed by atoms with Crippen molar-refractivity contribution >= 4 is 5.97 Å². The number of piperidine rings is 1. The van der Waals surface area contributed by atoms with Crippen molar-refractivity contribution in [3.63, 3.8) is 0 Å². The summed E-state index contributed by atoms with van der Waals surface area (Å²) in [7, 11) is 0. The number of nitrogens with two attached hydrogens (primary N) is 1. The molecule has 1 aliphatic heterocycles. The van der Waals surface area contributed by atoms with Crippen LogP contribution >= 0.6 is 0 Å². The highest BCUT2D eigenvalue weighted by Crippen LogP contribution is 2.39. The fourth-order valence-electron chi connectivity index (χ4n) is 5.77. The summed E-state index contributed by atoms with van der Waals surface area (Å²) in [6, 6.07) is 13.8. The molecule has 0 radical (unpaired) electrons. The minimum absolute atomic E-state index is 0. The van der Waals surface area contributed by atoms with Gasteiger partial charge in [-0.15, -0.1) is 0 Å². The summed E-state index contributed by atoms with van der Waals surface area (Å²) in [4.78, 5) is 18.6. The summed E-state index contributed by atoms with van der Waals surface area (Å²) in [6.07, 6.45) is 8.06. The largest absolute Gasteiger partial charge is 0.508 e. The molecule has 1 saturated carbocycles. The molecule has 41 heavy (non-hydrogen) atoms. The van der Waals surface area contributed by atoms with Crippen molar-refractivity contribution in [2.24, 2.45) is 11.1 Å². The van der Waals surface area contributed by atoms with Gasteiger partial charge >= 0.3 is 5.97 Å². The number of rotatable bonds is 7. The van der Waals surface area contributed by atoms with Crippen molar-refractivity contribution in [2.75, 3.05) is 13.1 Å². The zero-order valence-electron chi connectivity index (χ0n) is 25.0. The summed E-state index contributed by atoms with van der Waals surface area (Å²) in [5.74, 6) is 0.982. The van der Waals surface area contributed by atoms with E-state index < -0.39 is 11.4 Å². The first-order valence-electron chi connectivity index (χ1n) is 15.0. The molecule has 222 valence electrons. The van der Waals surface area contributed by atoms with E-state index in [4.69, 9.17) is 10.3 Å². The van der Waals surface area contributed by atoms with Gasteiger partial charge in [0, 0.05) is 23.2 Å². The first-order chi connectivity index (χ1) is 19.5. The molecule has 1 aliphatic carbocycles. The number of carbonyl (C=O) groups is 1. The zero-order valence-corrected chi connectivity index (χ0v) is 25.0. The SMILES string of the molecule is CC(C)(C)N.CCC1(C(=O)O)CCN(Cc2ccc(-c3noc(-c4ccc(C5CCCCC5)c(O)c4)n3)cc2)CC1. The van der Waals surface area contributed by atoms with Gasteiger partial charge in [-0.05, 0) is 95.1 Å². The van der Waals surface area contributed by atoms with Crippen LogP contribution in [0.5, 0.6) is 5.75 Å². The van der Waals surface area contributed by atoms with E-state index in [9.17, 15) is 15.0 Å². The lowest BCUT2D eigenvalue weighted by atomic mass is 9.76. The number of carboxylic acid groups (broad SMARTS) is 1. The van der Waals surface area contributed by atoms with Crippen LogP contribution in [0.3, 0.4) is 0 Å². The molecule has 0 unspecified atom stereocenters. The van der Waals surface area contributed by atoms with Crippen LogP contribution in [0.25, 0.3) is 22.8 Å². The molecule has 1 saturated heterocycles. The van der Waals surface area contributed by atoms with Gasteiger partial charge in [-0.1, -0.05) is 61.7 Å². The number of aliphatic carboxylic acids is 1. The van der Waals surface area contributed by atoms with Crippen LogP contribution in [0.1, 0.15) is 96.1 Å². The Morgan fingerprint density at radius 3 is 2.22 bits per heavy atom. The lowest BCUT2D eigenvalue weighted by Gasteiger charge is -2.38. The Kier molecular flexibility index (Phi) is 9.87.